The van der Waals surface area contributed by atoms with Gasteiger partial charge in [0.15, 0.2) is 0 Å². The zero-order valence-corrected chi connectivity index (χ0v) is 14.7. The number of likely N-dealkylation sites (N-methyl/N-ethyl adjacent to an activating group) is 1. The normalized spacial score (nSPS) is 21.8. The van der Waals surface area contributed by atoms with E-state index in [9.17, 15) is 9.59 Å². The van der Waals surface area contributed by atoms with E-state index in [0.29, 0.717) is 25.7 Å². The van der Waals surface area contributed by atoms with Crippen LogP contribution in [-0.2, 0) is 16.0 Å². The van der Waals surface area contributed by atoms with Gasteiger partial charge >= 0.3 is 5.97 Å². The van der Waals surface area contributed by atoms with Crippen molar-refractivity contribution in [2.24, 2.45) is 11.8 Å². The quantitative estimate of drug-likeness (QED) is 0.869. The molecule has 132 valence electrons. The van der Waals surface area contributed by atoms with Crippen LogP contribution in [-0.4, -0.2) is 42.1 Å². The van der Waals surface area contributed by atoms with E-state index in [2.05, 4.69) is 0 Å². The summed E-state index contributed by atoms with van der Waals surface area (Å²) in [6.45, 7) is 2.03. The van der Waals surface area contributed by atoms with Crippen molar-refractivity contribution in [2.75, 3.05) is 14.2 Å². The average Bonchev–Trinajstić information content (AvgIpc) is 2.60. The predicted octanol–water partition coefficient (Wildman–Crippen LogP) is 2.98. The van der Waals surface area contributed by atoms with Gasteiger partial charge in [0.05, 0.1) is 13.0 Å². The van der Waals surface area contributed by atoms with E-state index in [1.807, 2.05) is 38.2 Å². The van der Waals surface area contributed by atoms with Crippen LogP contribution in [0.5, 0.6) is 5.75 Å². The van der Waals surface area contributed by atoms with Crippen LogP contribution in [0.3, 0.4) is 0 Å². The molecule has 0 heterocycles. The summed E-state index contributed by atoms with van der Waals surface area (Å²) >= 11 is 0. The first-order valence-corrected chi connectivity index (χ1v) is 8.55. The average molecular weight is 333 g/mol. The van der Waals surface area contributed by atoms with Crippen LogP contribution in [0.1, 0.15) is 38.2 Å². The zero-order valence-electron chi connectivity index (χ0n) is 14.7. The Morgan fingerprint density at radius 1 is 1.21 bits per heavy atom. The van der Waals surface area contributed by atoms with Gasteiger partial charge in [-0.3, -0.25) is 9.59 Å². The Morgan fingerprint density at radius 2 is 1.79 bits per heavy atom. The number of aliphatic carboxylic acids is 1. The van der Waals surface area contributed by atoms with Crippen molar-refractivity contribution in [3.8, 4) is 5.75 Å². The lowest BCUT2D eigenvalue weighted by Gasteiger charge is -2.32. The minimum atomic E-state index is -0.737. The molecule has 0 aromatic heterocycles. The maximum Gasteiger partial charge on any atom is 0.306 e. The van der Waals surface area contributed by atoms with Crippen molar-refractivity contribution in [1.82, 2.24) is 4.90 Å². The molecule has 5 heteroatoms. The summed E-state index contributed by atoms with van der Waals surface area (Å²) in [5, 5.41) is 9.07. The molecule has 0 aliphatic heterocycles. The number of rotatable bonds is 6. The molecule has 1 unspecified atom stereocenters. The van der Waals surface area contributed by atoms with Crippen molar-refractivity contribution in [2.45, 2.75) is 45.1 Å². The molecule has 1 aliphatic rings. The van der Waals surface area contributed by atoms with Crippen LogP contribution in [0.2, 0.25) is 0 Å². The van der Waals surface area contributed by atoms with Gasteiger partial charge in [0, 0.05) is 19.0 Å². The van der Waals surface area contributed by atoms with E-state index in [4.69, 9.17) is 9.84 Å². The Kier molecular flexibility index (Phi) is 6.23. The second kappa shape index (κ2) is 8.18. The third-order valence-electron chi connectivity index (χ3n) is 5.14. The monoisotopic (exact) mass is 333 g/mol. The molecule has 0 saturated heterocycles. The van der Waals surface area contributed by atoms with Crippen LogP contribution in [0.15, 0.2) is 24.3 Å². The Labute approximate surface area is 143 Å². The van der Waals surface area contributed by atoms with Crippen molar-refractivity contribution >= 4 is 11.9 Å². The summed E-state index contributed by atoms with van der Waals surface area (Å²) in [5.74, 6) is -0.108. The molecular weight excluding hydrogens is 306 g/mol. The van der Waals surface area contributed by atoms with E-state index >= 15 is 0 Å². The molecule has 5 nitrogen and oxygen atoms in total. The Morgan fingerprint density at radius 3 is 2.38 bits per heavy atom. The molecule has 1 fully saturated rings. The minimum Gasteiger partial charge on any atom is -0.496 e. The molecule has 1 amide bonds. The van der Waals surface area contributed by atoms with Crippen molar-refractivity contribution in [3.05, 3.63) is 29.8 Å². The number of amides is 1. The number of carbonyl (C=O) groups excluding carboxylic acids is 1. The van der Waals surface area contributed by atoms with E-state index in [1.54, 1.807) is 12.0 Å². The van der Waals surface area contributed by atoms with Gasteiger partial charge in [-0.25, -0.2) is 0 Å². The number of carboxylic acids is 1. The molecule has 1 aromatic rings. The molecule has 24 heavy (non-hydrogen) atoms. The Balaban J connectivity index is 1.94. The number of para-hydroxylation sites is 1. The lowest BCUT2D eigenvalue weighted by molar-refractivity contribution is -0.145. The highest BCUT2D eigenvalue weighted by molar-refractivity contribution is 5.79. The molecular formula is C19H27NO4. The summed E-state index contributed by atoms with van der Waals surface area (Å²) in [6, 6.07) is 7.91. The molecule has 1 N–H and O–H groups in total. The van der Waals surface area contributed by atoms with E-state index in [1.165, 1.54) is 0 Å². The van der Waals surface area contributed by atoms with E-state index < -0.39 is 5.97 Å². The van der Waals surface area contributed by atoms with Crippen molar-refractivity contribution in [3.63, 3.8) is 0 Å². The van der Waals surface area contributed by atoms with Crippen molar-refractivity contribution < 1.29 is 19.4 Å². The van der Waals surface area contributed by atoms with Crippen LogP contribution >= 0.6 is 0 Å². The highest BCUT2D eigenvalue weighted by Crippen LogP contribution is 2.30. The Hall–Kier alpha value is -2.04. The molecule has 0 bridgehead atoms. The molecule has 0 radical (unpaired) electrons. The summed E-state index contributed by atoms with van der Waals surface area (Å²) in [5.41, 5.74) is 1.08. The smallest absolute Gasteiger partial charge is 0.306 e. The predicted molar refractivity (Wildman–Crippen MR) is 92.0 cm³/mol. The lowest BCUT2D eigenvalue weighted by Crippen LogP contribution is -2.41. The van der Waals surface area contributed by atoms with Gasteiger partial charge in [-0.2, -0.15) is 0 Å². The second-order valence-corrected chi connectivity index (χ2v) is 6.70. The minimum absolute atomic E-state index is 0.0503. The first kappa shape index (κ1) is 18.3. The zero-order chi connectivity index (χ0) is 17.7. The van der Waals surface area contributed by atoms with Gasteiger partial charge in [-0.1, -0.05) is 18.2 Å². The fraction of sp³-hybridized carbons (Fsp3) is 0.579. The third-order valence-corrected chi connectivity index (χ3v) is 5.14. The third kappa shape index (κ3) is 4.28. The number of ether oxygens (including phenoxy) is 1. The SMILES string of the molecule is COc1ccccc1CC(C)N(C)C(=O)C1CCC(C(=O)O)CC1. The fourth-order valence-corrected chi connectivity index (χ4v) is 3.42. The maximum absolute atomic E-state index is 12.7. The van der Waals surface area contributed by atoms with E-state index in [-0.39, 0.29) is 23.8 Å². The van der Waals surface area contributed by atoms with Crippen molar-refractivity contribution in [1.29, 1.82) is 0 Å². The number of benzene rings is 1. The van der Waals surface area contributed by atoms with Gasteiger partial charge in [-0.15, -0.1) is 0 Å². The molecule has 1 atom stereocenters. The topological polar surface area (TPSA) is 66.8 Å². The molecule has 1 aliphatic carbocycles. The number of carbonyl (C=O) groups is 2. The van der Waals surface area contributed by atoms with Crippen LogP contribution in [0.4, 0.5) is 0 Å². The van der Waals surface area contributed by atoms with Gasteiger partial charge in [0.2, 0.25) is 5.91 Å². The standard InChI is InChI=1S/C19H27NO4/c1-13(12-16-6-4-5-7-17(16)24-3)20(2)18(21)14-8-10-15(11-9-14)19(22)23/h4-7,13-15H,8-12H2,1-3H3,(H,22,23). The van der Waals surface area contributed by atoms with Gasteiger partial charge < -0.3 is 14.7 Å². The number of methoxy groups -OCH3 is 1. The largest absolute Gasteiger partial charge is 0.496 e. The summed E-state index contributed by atoms with van der Waals surface area (Å²) < 4.78 is 5.38. The highest BCUT2D eigenvalue weighted by atomic mass is 16.5. The molecule has 0 spiro atoms. The summed E-state index contributed by atoms with van der Waals surface area (Å²) in [7, 11) is 3.49. The van der Waals surface area contributed by atoms with Crippen LogP contribution in [0, 0.1) is 11.8 Å². The molecule has 2 rings (SSSR count). The summed E-state index contributed by atoms with van der Waals surface area (Å²) in [6.07, 6.45) is 3.26. The van der Waals surface area contributed by atoms with Crippen LogP contribution < -0.4 is 4.74 Å². The molecule has 1 saturated carbocycles. The number of hydrogen-bond acceptors (Lipinski definition) is 3. The molecule has 1 aromatic carbocycles. The van der Waals surface area contributed by atoms with Crippen LogP contribution in [0.25, 0.3) is 0 Å². The number of nitrogens with zero attached hydrogens (tertiary/aromatic N) is 1. The summed E-state index contributed by atoms with van der Waals surface area (Å²) in [4.78, 5) is 25.5. The van der Waals surface area contributed by atoms with Gasteiger partial charge in [0.1, 0.15) is 5.75 Å². The van der Waals surface area contributed by atoms with Gasteiger partial charge in [0.25, 0.3) is 0 Å². The fourth-order valence-electron chi connectivity index (χ4n) is 3.42. The Bertz CT molecular complexity index is 578. The number of carboxylic acid groups (broad SMARTS) is 1. The first-order valence-electron chi connectivity index (χ1n) is 8.55. The first-order chi connectivity index (χ1) is 11.4. The lowest BCUT2D eigenvalue weighted by atomic mass is 9.81. The second-order valence-electron chi connectivity index (χ2n) is 6.70. The highest BCUT2D eigenvalue weighted by Gasteiger charge is 2.32. The number of hydrogen-bond donors (Lipinski definition) is 1. The van der Waals surface area contributed by atoms with Gasteiger partial charge in [-0.05, 0) is 50.7 Å². The maximum atomic E-state index is 12.7. The van der Waals surface area contributed by atoms with E-state index in [0.717, 1.165) is 17.7 Å².